The lowest BCUT2D eigenvalue weighted by Crippen LogP contribution is -2.45. The normalized spacial score (nSPS) is 32.1. The van der Waals surface area contributed by atoms with E-state index in [0.717, 1.165) is 18.9 Å². The summed E-state index contributed by atoms with van der Waals surface area (Å²) in [6.07, 6.45) is 6.16. The number of carbonyl (C=O) groups is 1. The van der Waals surface area contributed by atoms with E-state index in [1.807, 2.05) is 0 Å². The monoisotopic (exact) mass is 355 g/mol. The molecule has 26 heavy (non-hydrogen) atoms. The molecule has 0 aromatic heterocycles. The number of carbonyl (C=O) groups excluding carboxylic acids is 1. The van der Waals surface area contributed by atoms with Gasteiger partial charge in [-0.15, -0.1) is 0 Å². The quantitative estimate of drug-likeness (QED) is 0.854. The van der Waals surface area contributed by atoms with Crippen molar-refractivity contribution in [3.05, 3.63) is 35.4 Å². The van der Waals surface area contributed by atoms with Crippen LogP contribution >= 0.6 is 0 Å². The van der Waals surface area contributed by atoms with Gasteiger partial charge in [0.05, 0.1) is 5.92 Å². The Bertz CT molecular complexity index is 636. The number of hydrogen-bond donors (Lipinski definition) is 2. The van der Waals surface area contributed by atoms with Crippen molar-refractivity contribution in [1.29, 1.82) is 0 Å². The highest BCUT2D eigenvalue weighted by atomic mass is 16.1. The van der Waals surface area contributed by atoms with Gasteiger partial charge in [-0.05, 0) is 74.1 Å². The molecule has 1 aromatic carbocycles. The lowest BCUT2D eigenvalue weighted by atomic mass is 9.84. The van der Waals surface area contributed by atoms with E-state index < -0.39 is 0 Å². The highest BCUT2D eigenvalue weighted by Gasteiger charge is 2.48. The van der Waals surface area contributed by atoms with Gasteiger partial charge in [-0.25, -0.2) is 0 Å². The zero-order chi connectivity index (χ0) is 18.1. The Labute approximate surface area is 157 Å². The molecule has 2 aliphatic carbocycles. The number of hydrogen-bond acceptors (Lipinski definition) is 3. The van der Waals surface area contributed by atoms with E-state index in [4.69, 9.17) is 5.73 Å². The minimum Gasteiger partial charge on any atom is -0.352 e. The molecule has 1 saturated heterocycles. The van der Waals surface area contributed by atoms with Gasteiger partial charge in [-0.2, -0.15) is 0 Å². The summed E-state index contributed by atoms with van der Waals surface area (Å²) in [5.41, 5.74) is 8.85. The van der Waals surface area contributed by atoms with E-state index >= 15 is 0 Å². The maximum absolute atomic E-state index is 12.7. The molecule has 0 spiro atoms. The molecule has 142 valence electrons. The Morgan fingerprint density at radius 2 is 1.88 bits per heavy atom. The van der Waals surface area contributed by atoms with Gasteiger partial charge >= 0.3 is 0 Å². The summed E-state index contributed by atoms with van der Waals surface area (Å²) >= 11 is 0. The summed E-state index contributed by atoms with van der Waals surface area (Å²) < 4.78 is 0. The minimum absolute atomic E-state index is 0.0345. The molecule has 1 aromatic rings. The third-order valence-corrected chi connectivity index (χ3v) is 7.02. The van der Waals surface area contributed by atoms with Gasteiger partial charge in [0.25, 0.3) is 0 Å². The summed E-state index contributed by atoms with van der Waals surface area (Å²) in [7, 11) is 0. The average molecular weight is 356 g/mol. The first-order chi connectivity index (χ1) is 12.6. The summed E-state index contributed by atoms with van der Waals surface area (Å²) in [6, 6.07) is 8.76. The highest BCUT2D eigenvalue weighted by molar-refractivity contribution is 5.80. The molecule has 1 amide bonds. The highest BCUT2D eigenvalue weighted by Crippen LogP contribution is 2.47. The van der Waals surface area contributed by atoms with Crippen molar-refractivity contribution in [3.63, 3.8) is 0 Å². The predicted molar refractivity (Wildman–Crippen MR) is 104 cm³/mol. The Morgan fingerprint density at radius 3 is 2.62 bits per heavy atom. The van der Waals surface area contributed by atoms with Gasteiger partial charge < -0.3 is 11.1 Å². The first-order valence-electron chi connectivity index (χ1n) is 10.4. The van der Waals surface area contributed by atoms with Crippen LogP contribution in [0.25, 0.3) is 0 Å². The van der Waals surface area contributed by atoms with Crippen molar-refractivity contribution in [1.82, 2.24) is 10.2 Å². The number of rotatable bonds is 5. The second kappa shape index (κ2) is 7.69. The van der Waals surface area contributed by atoms with Crippen molar-refractivity contribution in [3.8, 4) is 0 Å². The topological polar surface area (TPSA) is 58.4 Å². The number of benzene rings is 1. The smallest absolute Gasteiger partial charge is 0.225 e. The Hall–Kier alpha value is -1.39. The van der Waals surface area contributed by atoms with Crippen LogP contribution < -0.4 is 11.1 Å². The fourth-order valence-electron chi connectivity index (χ4n) is 5.35. The van der Waals surface area contributed by atoms with Gasteiger partial charge in [-0.1, -0.05) is 31.2 Å². The van der Waals surface area contributed by atoms with Gasteiger partial charge in [0, 0.05) is 19.1 Å². The molecule has 4 rings (SSSR count). The molecular weight excluding hydrogens is 322 g/mol. The van der Waals surface area contributed by atoms with Crippen LogP contribution in [0.15, 0.2) is 24.3 Å². The molecule has 1 heterocycles. The fraction of sp³-hybridized carbons (Fsp3) is 0.682. The van der Waals surface area contributed by atoms with Crippen molar-refractivity contribution in [2.75, 3.05) is 13.1 Å². The molecule has 2 bridgehead atoms. The van der Waals surface area contributed by atoms with E-state index in [1.165, 1.54) is 49.9 Å². The van der Waals surface area contributed by atoms with Gasteiger partial charge in [0.15, 0.2) is 0 Å². The maximum atomic E-state index is 12.7. The van der Waals surface area contributed by atoms with Crippen molar-refractivity contribution in [2.45, 2.75) is 58.2 Å². The van der Waals surface area contributed by atoms with Crippen LogP contribution in [0, 0.1) is 23.7 Å². The van der Waals surface area contributed by atoms with Crippen molar-refractivity contribution < 1.29 is 4.79 Å². The SMILES string of the molecule is CC1CCN(Cc2cccc(CNC(=O)C3C4CCC(C4)C3N)c2)CC1. The number of piperidine rings is 1. The molecule has 2 saturated carbocycles. The molecule has 3 fully saturated rings. The maximum Gasteiger partial charge on any atom is 0.225 e. The zero-order valence-corrected chi connectivity index (χ0v) is 16.0. The van der Waals surface area contributed by atoms with Crippen LogP contribution in [0.4, 0.5) is 0 Å². The lowest BCUT2D eigenvalue weighted by Gasteiger charge is -2.30. The third kappa shape index (κ3) is 3.81. The van der Waals surface area contributed by atoms with Crippen LogP contribution in [0.3, 0.4) is 0 Å². The predicted octanol–water partition coefficient (Wildman–Crippen LogP) is 2.91. The van der Waals surface area contributed by atoms with Crippen LogP contribution in [0.1, 0.15) is 50.2 Å². The number of amides is 1. The fourth-order valence-corrected chi connectivity index (χ4v) is 5.35. The summed E-state index contributed by atoms with van der Waals surface area (Å²) in [4.78, 5) is 15.2. The number of nitrogens with zero attached hydrogens (tertiary/aromatic N) is 1. The number of likely N-dealkylation sites (tertiary alicyclic amines) is 1. The lowest BCUT2D eigenvalue weighted by molar-refractivity contribution is -0.127. The van der Waals surface area contributed by atoms with Crippen LogP contribution in [-0.4, -0.2) is 29.9 Å². The minimum atomic E-state index is 0.0345. The van der Waals surface area contributed by atoms with Crippen molar-refractivity contribution in [2.24, 2.45) is 29.4 Å². The van der Waals surface area contributed by atoms with Crippen molar-refractivity contribution >= 4 is 5.91 Å². The molecule has 1 aliphatic heterocycles. The van der Waals surface area contributed by atoms with E-state index in [-0.39, 0.29) is 17.9 Å². The Balaban J connectivity index is 1.30. The van der Waals surface area contributed by atoms with Crippen LogP contribution in [0.2, 0.25) is 0 Å². The third-order valence-electron chi connectivity index (χ3n) is 7.02. The van der Waals surface area contributed by atoms with Gasteiger partial charge in [0.2, 0.25) is 5.91 Å². The molecule has 4 atom stereocenters. The molecule has 3 N–H and O–H groups in total. The van der Waals surface area contributed by atoms with E-state index in [9.17, 15) is 4.79 Å². The van der Waals surface area contributed by atoms with E-state index in [1.54, 1.807) is 0 Å². The molecule has 3 aliphatic rings. The summed E-state index contributed by atoms with van der Waals surface area (Å²) in [6.45, 7) is 6.38. The first kappa shape index (κ1) is 18.0. The van der Waals surface area contributed by atoms with Gasteiger partial charge in [0.1, 0.15) is 0 Å². The van der Waals surface area contributed by atoms with E-state index in [0.29, 0.717) is 18.4 Å². The molecule has 4 heteroatoms. The Kier molecular flexibility index (Phi) is 5.32. The number of nitrogens with one attached hydrogen (secondary N) is 1. The summed E-state index contributed by atoms with van der Waals surface area (Å²) in [5.74, 6) is 2.16. The standard InChI is InChI=1S/C22H33N3O/c1-15-7-9-25(10-8-15)14-17-4-2-3-16(11-17)13-24-22(26)20-18-5-6-19(12-18)21(20)23/h2-4,11,15,18-21H,5-10,12-14,23H2,1H3,(H,24,26). The Morgan fingerprint density at radius 1 is 1.15 bits per heavy atom. The van der Waals surface area contributed by atoms with Crippen LogP contribution in [-0.2, 0) is 17.9 Å². The molecular formula is C22H33N3O. The van der Waals surface area contributed by atoms with Crippen LogP contribution in [0.5, 0.6) is 0 Å². The molecule has 0 radical (unpaired) electrons. The van der Waals surface area contributed by atoms with Gasteiger partial charge in [-0.3, -0.25) is 9.69 Å². The second-order valence-electron chi connectivity index (χ2n) is 8.93. The molecule has 4 unspecified atom stereocenters. The average Bonchev–Trinajstić information content (AvgIpc) is 3.23. The number of nitrogens with two attached hydrogens (primary N) is 1. The largest absolute Gasteiger partial charge is 0.352 e. The second-order valence-corrected chi connectivity index (χ2v) is 8.93. The molecule has 4 nitrogen and oxygen atoms in total. The summed E-state index contributed by atoms with van der Waals surface area (Å²) in [5, 5.41) is 3.16. The first-order valence-corrected chi connectivity index (χ1v) is 10.4. The number of fused-ring (bicyclic) bond motifs is 2. The zero-order valence-electron chi connectivity index (χ0n) is 16.0. The van der Waals surface area contributed by atoms with E-state index in [2.05, 4.69) is 41.4 Å².